The van der Waals surface area contributed by atoms with Crippen molar-refractivity contribution in [2.75, 3.05) is 6.61 Å². The summed E-state index contributed by atoms with van der Waals surface area (Å²) in [5.74, 6) is -0.442. The molecule has 0 fully saturated rings. The van der Waals surface area contributed by atoms with Crippen LogP contribution in [0.4, 0.5) is 8.63 Å². The molecule has 3 nitrogen and oxygen atoms in total. The van der Waals surface area contributed by atoms with Crippen LogP contribution in [0.2, 0.25) is 0 Å². The van der Waals surface area contributed by atoms with E-state index in [1.807, 2.05) is 0 Å². The summed E-state index contributed by atoms with van der Waals surface area (Å²) in [6.45, 7) is 1.92. The summed E-state index contributed by atoms with van der Waals surface area (Å²) in [7, 11) is -2.87. The van der Waals surface area contributed by atoms with Crippen LogP contribution in [0.3, 0.4) is 0 Å². The number of ether oxygens (including phenoxy) is 1. The van der Waals surface area contributed by atoms with Crippen LogP contribution in [-0.2, 0) is 14.2 Å². The van der Waals surface area contributed by atoms with Gasteiger partial charge in [-0.1, -0.05) is 0 Å². The molecular weight excluding hydrogens is 205 g/mol. The molecule has 0 heterocycles. The fourth-order valence-corrected chi connectivity index (χ4v) is 1.55. The average Bonchev–Trinajstić information content (AvgIpc) is 2.18. The van der Waals surface area contributed by atoms with Gasteiger partial charge in [-0.3, -0.25) is 0 Å². The lowest BCUT2D eigenvalue weighted by atomic mass is 9.97. The predicted molar refractivity (Wildman–Crippen MR) is 51.2 cm³/mol. The van der Waals surface area contributed by atoms with Crippen LogP contribution in [0, 0.1) is 0 Å². The summed E-state index contributed by atoms with van der Waals surface area (Å²) in [4.78, 5) is 11.4. The molecule has 0 bridgehead atoms. The smallest absolute Gasteiger partial charge is 0.508 e. The lowest BCUT2D eigenvalue weighted by Gasteiger charge is -2.18. The van der Waals surface area contributed by atoms with Gasteiger partial charge in [0.25, 0.3) is 0 Å². The van der Waals surface area contributed by atoms with E-state index in [1.54, 1.807) is 6.92 Å². The highest BCUT2D eigenvalue weighted by molar-refractivity contribution is 6.34. The van der Waals surface area contributed by atoms with Crippen LogP contribution < -0.4 is 0 Å². The highest BCUT2D eigenvalue weighted by Crippen LogP contribution is 2.27. The minimum atomic E-state index is -2.87. The predicted octanol–water partition coefficient (Wildman–Crippen LogP) is 2.32. The van der Waals surface area contributed by atoms with Crippen LogP contribution in [0.25, 0.3) is 0 Å². The summed E-state index contributed by atoms with van der Waals surface area (Å²) in [6.07, 6.45) is 2.43. The Balaban J connectivity index is 2.75. The third-order valence-corrected chi connectivity index (χ3v) is 2.17. The average molecular weight is 218 g/mol. The van der Waals surface area contributed by atoms with E-state index in [0.29, 0.717) is 12.8 Å². The van der Waals surface area contributed by atoms with Gasteiger partial charge in [0.05, 0.1) is 17.9 Å². The van der Waals surface area contributed by atoms with Crippen molar-refractivity contribution in [2.45, 2.75) is 32.6 Å². The Hall–Kier alpha value is -1.07. The molecule has 0 saturated carbocycles. The maximum absolute atomic E-state index is 12.0. The van der Waals surface area contributed by atoms with Crippen LogP contribution in [-0.4, -0.2) is 20.0 Å². The van der Waals surface area contributed by atoms with E-state index in [9.17, 15) is 13.4 Å². The van der Waals surface area contributed by atoms with E-state index in [4.69, 9.17) is 4.74 Å². The minimum absolute atomic E-state index is 0.0923. The summed E-state index contributed by atoms with van der Waals surface area (Å²) >= 11 is 0. The molecule has 0 saturated heterocycles. The van der Waals surface area contributed by atoms with E-state index in [0.717, 1.165) is 12.8 Å². The SMILES string of the molecule is CCOC(=O)C1=C(OB(F)F)CCCC1. The molecule has 1 rings (SSSR count). The first-order valence-corrected chi connectivity index (χ1v) is 4.99. The quantitative estimate of drug-likeness (QED) is 0.536. The van der Waals surface area contributed by atoms with Gasteiger partial charge in [-0.15, -0.1) is 0 Å². The Bertz CT molecular complexity index is 266. The van der Waals surface area contributed by atoms with E-state index in [2.05, 4.69) is 4.65 Å². The van der Waals surface area contributed by atoms with Crippen molar-refractivity contribution in [2.24, 2.45) is 0 Å². The zero-order valence-electron chi connectivity index (χ0n) is 8.59. The molecule has 6 heteroatoms. The first kappa shape index (κ1) is 12.0. The maximum atomic E-state index is 12.0. The lowest BCUT2D eigenvalue weighted by Crippen LogP contribution is -2.17. The number of carbonyl (C=O) groups is 1. The van der Waals surface area contributed by atoms with E-state index in [1.165, 1.54) is 0 Å². The zero-order chi connectivity index (χ0) is 11.3. The molecule has 0 spiro atoms. The van der Waals surface area contributed by atoms with E-state index < -0.39 is 13.4 Å². The standard InChI is InChI=1S/C9H13BF2O3/c1-2-14-9(13)7-5-3-4-6-8(7)15-10(11)12/h2-6H2,1H3. The molecule has 0 aromatic carbocycles. The molecule has 0 radical (unpaired) electrons. The summed E-state index contributed by atoms with van der Waals surface area (Å²) in [5, 5.41) is 0. The van der Waals surface area contributed by atoms with Gasteiger partial charge in [0.2, 0.25) is 0 Å². The van der Waals surface area contributed by atoms with Gasteiger partial charge in [-0.2, -0.15) is 0 Å². The molecule has 0 amide bonds. The van der Waals surface area contributed by atoms with Crippen molar-refractivity contribution >= 4 is 13.4 Å². The highest BCUT2D eigenvalue weighted by atomic mass is 19.2. The van der Waals surface area contributed by atoms with Crippen molar-refractivity contribution < 1.29 is 22.8 Å². The van der Waals surface area contributed by atoms with Crippen LogP contribution in [0.5, 0.6) is 0 Å². The minimum Gasteiger partial charge on any atom is -0.508 e. The first-order valence-electron chi connectivity index (χ1n) is 4.99. The Labute approximate surface area is 87.6 Å². The molecular formula is C9H13BF2O3. The lowest BCUT2D eigenvalue weighted by molar-refractivity contribution is -0.139. The number of rotatable bonds is 4. The topological polar surface area (TPSA) is 35.5 Å². The number of halogens is 2. The van der Waals surface area contributed by atoms with Crippen LogP contribution >= 0.6 is 0 Å². The monoisotopic (exact) mass is 218 g/mol. The van der Waals surface area contributed by atoms with Gasteiger partial charge in [0.15, 0.2) is 0 Å². The first-order chi connectivity index (χ1) is 7.15. The van der Waals surface area contributed by atoms with Crippen molar-refractivity contribution in [3.63, 3.8) is 0 Å². The Morgan fingerprint density at radius 1 is 1.40 bits per heavy atom. The Morgan fingerprint density at radius 3 is 2.67 bits per heavy atom. The van der Waals surface area contributed by atoms with Gasteiger partial charge < -0.3 is 9.39 Å². The van der Waals surface area contributed by atoms with Crippen molar-refractivity contribution in [3.05, 3.63) is 11.3 Å². The fraction of sp³-hybridized carbons (Fsp3) is 0.667. The maximum Gasteiger partial charge on any atom is 0.796 e. The Kier molecular flexibility index (Phi) is 4.58. The highest BCUT2D eigenvalue weighted by Gasteiger charge is 2.26. The summed E-state index contributed by atoms with van der Waals surface area (Å²) < 4.78 is 33.2. The molecule has 0 aromatic rings. The third-order valence-electron chi connectivity index (χ3n) is 2.17. The molecule has 0 aliphatic heterocycles. The molecule has 84 valence electrons. The van der Waals surface area contributed by atoms with Gasteiger partial charge in [0.1, 0.15) is 0 Å². The van der Waals surface area contributed by atoms with Gasteiger partial charge >= 0.3 is 13.4 Å². The van der Waals surface area contributed by atoms with E-state index >= 15 is 0 Å². The largest absolute Gasteiger partial charge is 0.796 e. The fourth-order valence-electron chi connectivity index (χ4n) is 1.55. The second-order valence-electron chi connectivity index (χ2n) is 3.21. The summed E-state index contributed by atoms with van der Waals surface area (Å²) in [6, 6.07) is 0. The molecule has 1 aliphatic carbocycles. The van der Waals surface area contributed by atoms with Crippen molar-refractivity contribution in [3.8, 4) is 0 Å². The van der Waals surface area contributed by atoms with Gasteiger partial charge in [-0.25, -0.2) is 13.4 Å². The van der Waals surface area contributed by atoms with Crippen molar-refractivity contribution in [1.82, 2.24) is 0 Å². The number of esters is 1. The zero-order valence-corrected chi connectivity index (χ0v) is 8.59. The number of carbonyl (C=O) groups excluding carboxylic acids is 1. The number of hydrogen-bond acceptors (Lipinski definition) is 3. The molecule has 1 aliphatic rings. The normalized spacial score (nSPS) is 16.2. The van der Waals surface area contributed by atoms with Crippen molar-refractivity contribution in [1.29, 1.82) is 0 Å². The van der Waals surface area contributed by atoms with E-state index in [-0.39, 0.29) is 17.9 Å². The second kappa shape index (κ2) is 5.73. The molecule has 0 atom stereocenters. The number of hydrogen-bond donors (Lipinski definition) is 0. The second-order valence-corrected chi connectivity index (χ2v) is 3.21. The Morgan fingerprint density at radius 2 is 2.07 bits per heavy atom. The number of allylic oxidation sites excluding steroid dienone is 1. The molecule has 15 heavy (non-hydrogen) atoms. The summed E-state index contributed by atoms with van der Waals surface area (Å²) in [5.41, 5.74) is 0.267. The van der Waals surface area contributed by atoms with Gasteiger partial charge in [-0.05, 0) is 26.2 Å². The third kappa shape index (κ3) is 3.53. The van der Waals surface area contributed by atoms with Crippen LogP contribution in [0.15, 0.2) is 11.3 Å². The molecule has 0 unspecified atom stereocenters. The van der Waals surface area contributed by atoms with Crippen LogP contribution in [0.1, 0.15) is 32.6 Å². The van der Waals surface area contributed by atoms with Gasteiger partial charge in [0, 0.05) is 6.42 Å². The molecule has 0 aromatic heterocycles. The molecule has 0 N–H and O–H groups in total.